The van der Waals surface area contributed by atoms with Gasteiger partial charge in [-0.1, -0.05) is 18.5 Å². The standard InChI is InChI=1S/C13H15ClN2O3/c1-3-9-13(18)15-7-12(17)16(9)10-6-8(14)4-5-11(10)19-2/h4-6,9H,3,7H2,1-2H3,(H,15,18). The summed E-state index contributed by atoms with van der Waals surface area (Å²) in [4.78, 5) is 25.4. The predicted molar refractivity (Wildman–Crippen MR) is 72.6 cm³/mol. The van der Waals surface area contributed by atoms with Crippen molar-refractivity contribution in [3.05, 3.63) is 23.2 Å². The van der Waals surface area contributed by atoms with Gasteiger partial charge in [-0.2, -0.15) is 0 Å². The Bertz CT molecular complexity index is 519. The zero-order valence-corrected chi connectivity index (χ0v) is 11.5. The third-order valence-electron chi connectivity index (χ3n) is 3.08. The maximum Gasteiger partial charge on any atom is 0.247 e. The van der Waals surface area contributed by atoms with Crippen LogP contribution in [-0.2, 0) is 9.59 Å². The predicted octanol–water partition coefficient (Wildman–Crippen LogP) is 1.59. The monoisotopic (exact) mass is 282 g/mol. The number of piperazine rings is 1. The summed E-state index contributed by atoms with van der Waals surface area (Å²) in [6.45, 7) is 1.85. The van der Waals surface area contributed by atoms with Gasteiger partial charge in [-0.3, -0.25) is 14.5 Å². The van der Waals surface area contributed by atoms with E-state index in [0.29, 0.717) is 22.9 Å². The minimum atomic E-state index is -0.534. The highest BCUT2D eigenvalue weighted by molar-refractivity contribution is 6.31. The molecule has 1 heterocycles. The average Bonchev–Trinajstić information content (AvgIpc) is 2.41. The van der Waals surface area contributed by atoms with Crippen LogP contribution in [-0.4, -0.2) is 31.5 Å². The lowest BCUT2D eigenvalue weighted by molar-refractivity contribution is -0.131. The number of amides is 2. The third-order valence-corrected chi connectivity index (χ3v) is 3.32. The minimum Gasteiger partial charge on any atom is -0.495 e. The Morgan fingerprint density at radius 2 is 2.21 bits per heavy atom. The van der Waals surface area contributed by atoms with E-state index in [2.05, 4.69) is 5.32 Å². The Labute approximate surface area is 116 Å². The van der Waals surface area contributed by atoms with E-state index < -0.39 is 6.04 Å². The zero-order chi connectivity index (χ0) is 14.0. The lowest BCUT2D eigenvalue weighted by Crippen LogP contribution is -2.58. The largest absolute Gasteiger partial charge is 0.495 e. The van der Waals surface area contributed by atoms with Crippen molar-refractivity contribution in [1.82, 2.24) is 5.32 Å². The van der Waals surface area contributed by atoms with Crippen molar-refractivity contribution in [1.29, 1.82) is 0 Å². The molecule has 1 atom stereocenters. The van der Waals surface area contributed by atoms with Crippen molar-refractivity contribution in [3.63, 3.8) is 0 Å². The summed E-state index contributed by atoms with van der Waals surface area (Å²) >= 11 is 5.97. The highest BCUT2D eigenvalue weighted by Gasteiger charge is 2.35. The maximum absolute atomic E-state index is 12.1. The average molecular weight is 283 g/mol. The molecule has 1 N–H and O–H groups in total. The summed E-state index contributed by atoms with van der Waals surface area (Å²) in [7, 11) is 1.52. The van der Waals surface area contributed by atoms with Crippen LogP contribution in [0.25, 0.3) is 0 Å². The van der Waals surface area contributed by atoms with Crippen molar-refractivity contribution in [2.24, 2.45) is 0 Å². The zero-order valence-electron chi connectivity index (χ0n) is 10.8. The Hall–Kier alpha value is -1.75. The highest BCUT2D eigenvalue weighted by atomic mass is 35.5. The van der Waals surface area contributed by atoms with Crippen molar-refractivity contribution in [3.8, 4) is 5.75 Å². The summed E-state index contributed by atoms with van der Waals surface area (Å²) in [5.41, 5.74) is 0.529. The number of hydrogen-bond donors (Lipinski definition) is 1. The number of nitrogens with zero attached hydrogens (tertiary/aromatic N) is 1. The van der Waals surface area contributed by atoms with Gasteiger partial charge in [-0.25, -0.2) is 0 Å². The number of anilines is 1. The number of nitrogens with one attached hydrogen (secondary N) is 1. The van der Waals surface area contributed by atoms with Crippen LogP contribution in [0.15, 0.2) is 18.2 Å². The number of ether oxygens (including phenoxy) is 1. The first-order valence-electron chi connectivity index (χ1n) is 6.01. The number of halogens is 1. The smallest absolute Gasteiger partial charge is 0.247 e. The van der Waals surface area contributed by atoms with Gasteiger partial charge in [0.1, 0.15) is 11.8 Å². The van der Waals surface area contributed by atoms with Crippen molar-refractivity contribution in [2.45, 2.75) is 19.4 Å². The molecule has 6 heteroatoms. The maximum atomic E-state index is 12.1. The molecule has 0 aliphatic carbocycles. The van der Waals surface area contributed by atoms with Crippen LogP contribution in [0.4, 0.5) is 5.69 Å². The van der Waals surface area contributed by atoms with E-state index in [-0.39, 0.29) is 18.4 Å². The second-order valence-corrected chi connectivity index (χ2v) is 4.66. The molecule has 1 unspecified atom stereocenters. The summed E-state index contributed by atoms with van der Waals surface area (Å²) in [6.07, 6.45) is 0.521. The molecule has 0 spiro atoms. The number of methoxy groups -OCH3 is 1. The van der Waals surface area contributed by atoms with Crippen LogP contribution in [0.3, 0.4) is 0 Å². The van der Waals surface area contributed by atoms with E-state index in [0.717, 1.165) is 0 Å². The molecule has 1 saturated heterocycles. The number of carbonyl (C=O) groups excluding carboxylic acids is 2. The molecule has 1 aromatic rings. The van der Waals surface area contributed by atoms with Crippen LogP contribution in [0, 0.1) is 0 Å². The Balaban J connectivity index is 2.50. The molecule has 1 aliphatic heterocycles. The molecule has 2 rings (SSSR count). The van der Waals surface area contributed by atoms with Crippen LogP contribution >= 0.6 is 11.6 Å². The lowest BCUT2D eigenvalue weighted by atomic mass is 10.1. The van der Waals surface area contributed by atoms with Gasteiger partial charge in [-0.15, -0.1) is 0 Å². The Morgan fingerprint density at radius 3 is 2.84 bits per heavy atom. The summed E-state index contributed by atoms with van der Waals surface area (Å²) in [5, 5.41) is 3.07. The quantitative estimate of drug-likeness (QED) is 0.916. The minimum absolute atomic E-state index is 0.00893. The molecule has 5 nitrogen and oxygen atoms in total. The SMILES string of the molecule is CCC1C(=O)NCC(=O)N1c1cc(Cl)ccc1OC. The molecule has 19 heavy (non-hydrogen) atoms. The molecule has 1 aliphatic rings. The summed E-state index contributed by atoms with van der Waals surface area (Å²) in [6, 6.07) is 4.47. The van der Waals surface area contributed by atoms with E-state index in [9.17, 15) is 9.59 Å². The van der Waals surface area contributed by atoms with Crippen LogP contribution in [0.2, 0.25) is 5.02 Å². The molecule has 0 radical (unpaired) electrons. The van der Waals surface area contributed by atoms with E-state index in [1.807, 2.05) is 6.92 Å². The van der Waals surface area contributed by atoms with Gasteiger partial charge in [0.2, 0.25) is 11.8 Å². The second-order valence-electron chi connectivity index (χ2n) is 4.22. The fraction of sp³-hybridized carbons (Fsp3) is 0.385. The van der Waals surface area contributed by atoms with E-state index in [1.165, 1.54) is 12.0 Å². The number of rotatable bonds is 3. The van der Waals surface area contributed by atoms with Crippen LogP contribution in [0.1, 0.15) is 13.3 Å². The van der Waals surface area contributed by atoms with E-state index in [4.69, 9.17) is 16.3 Å². The molecule has 0 bridgehead atoms. The van der Waals surface area contributed by atoms with Crippen molar-refractivity contribution in [2.75, 3.05) is 18.6 Å². The third kappa shape index (κ3) is 2.51. The van der Waals surface area contributed by atoms with E-state index in [1.54, 1.807) is 18.2 Å². The fourth-order valence-corrected chi connectivity index (χ4v) is 2.34. The first-order chi connectivity index (χ1) is 9.08. The van der Waals surface area contributed by atoms with Gasteiger partial charge in [-0.05, 0) is 24.6 Å². The van der Waals surface area contributed by atoms with Gasteiger partial charge in [0.25, 0.3) is 0 Å². The van der Waals surface area contributed by atoms with Crippen LogP contribution in [0.5, 0.6) is 5.75 Å². The molecule has 1 aromatic carbocycles. The molecular formula is C13H15ClN2O3. The normalized spacial score (nSPS) is 19.3. The summed E-state index contributed by atoms with van der Waals surface area (Å²) in [5.74, 6) is 0.182. The van der Waals surface area contributed by atoms with Gasteiger partial charge in [0, 0.05) is 5.02 Å². The topological polar surface area (TPSA) is 58.6 Å². The van der Waals surface area contributed by atoms with E-state index >= 15 is 0 Å². The first-order valence-corrected chi connectivity index (χ1v) is 6.39. The molecule has 102 valence electrons. The van der Waals surface area contributed by atoms with Crippen LogP contribution < -0.4 is 15.0 Å². The number of benzene rings is 1. The van der Waals surface area contributed by atoms with Gasteiger partial charge >= 0.3 is 0 Å². The first kappa shape index (κ1) is 13.7. The fourth-order valence-electron chi connectivity index (χ4n) is 2.18. The molecule has 2 amide bonds. The second kappa shape index (κ2) is 5.48. The highest BCUT2D eigenvalue weighted by Crippen LogP contribution is 2.33. The van der Waals surface area contributed by atoms with Gasteiger partial charge < -0.3 is 10.1 Å². The molecule has 0 aromatic heterocycles. The Kier molecular flexibility index (Phi) is 3.95. The van der Waals surface area contributed by atoms with Gasteiger partial charge in [0.15, 0.2) is 0 Å². The Morgan fingerprint density at radius 1 is 1.47 bits per heavy atom. The van der Waals surface area contributed by atoms with Crippen molar-refractivity contribution < 1.29 is 14.3 Å². The number of carbonyl (C=O) groups is 2. The van der Waals surface area contributed by atoms with Crippen molar-refractivity contribution >= 4 is 29.1 Å². The molecular weight excluding hydrogens is 268 g/mol. The van der Waals surface area contributed by atoms with Gasteiger partial charge in [0.05, 0.1) is 19.3 Å². The summed E-state index contributed by atoms with van der Waals surface area (Å²) < 4.78 is 5.25. The molecule has 1 fully saturated rings. The number of hydrogen-bond acceptors (Lipinski definition) is 3. The molecule has 0 saturated carbocycles. The lowest BCUT2D eigenvalue weighted by Gasteiger charge is -2.35.